The van der Waals surface area contributed by atoms with E-state index in [0.717, 1.165) is 11.1 Å². The molecule has 14 heavy (non-hydrogen) atoms. The van der Waals surface area contributed by atoms with Crippen molar-refractivity contribution in [3.8, 4) is 11.5 Å². The Morgan fingerprint density at radius 2 is 2.07 bits per heavy atom. The molecule has 0 unspecified atom stereocenters. The van der Waals surface area contributed by atoms with Crippen LogP contribution < -0.4 is 4.74 Å². The van der Waals surface area contributed by atoms with Crippen LogP contribution in [0.2, 0.25) is 0 Å². The predicted molar refractivity (Wildman–Crippen MR) is 52.0 cm³/mol. The average molecular weight is 192 g/mol. The number of phenolic OH excluding ortho intramolecular Hbond substituents is 1. The van der Waals surface area contributed by atoms with Crippen LogP contribution in [0, 0.1) is 13.8 Å². The van der Waals surface area contributed by atoms with Gasteiger partial charge in [0, 0.05) is 6.42 Å². The molecule has 1 aromatic carbocycles. The van der Waals surface area contributed by atoms with Gasteiger partial charge in [-0.2, -0.15) is 0 Å². The first-order chi connectivity index (χ1) is 6.61. The van der Waals surface area contributed by atoms with Crippen molar-refractivity contribution < 1.29 is 14.6 Å². The molecule has 0 aromatic heterocycles. The van der Waals surface area contributed by atoms with Gasteiger partial charge in [-0.3, -0.25) is 4.79 Å². The van der Waals surface area contributed by atoms with E-state index in [0.29, 0.717) is 24.3 Å². The van der Waals surface area contributed by atoms with Crippen molar-refractivity contribution in [2.45, 2.75) is 20.3 Å². The first-order valence-electron chi connectivity index (χ1n) is 4.60. The third-order valence-electron chi connectivity index (χ3n) is 2.69. The summed E-state index contributed by atoms with van der Waals surface area (Å²) in [6.45, 7) is 4.11. The standard InChI is InChI=1S/C11H12O3/c1-6-7(2)11-8(5-10(6)13)9(12)3-4-14-11/h5,13H,3-4H2,1-2H3. The zero-order valence-electron chi connectivity index (χ0n) is 8.26. The number of carbonyl (C=O) groups excluding carboxylic acids is 1. The predicted octanol–water partition coefficient (Wildman–Crippen LogP) is 1.97. The molecule has 0 saturated carbocycles. The zero-order valence-corrected chi connectivity index (χ0v) is 8.26. The van der Waals surface area contributed by atoms with Gasteiger partial charge in [-0.15, -0.1) is 0 Å². The van der Waals surface area contributed by atoms with Gasteiger partial charge in [0.05, 0.1) is 12.2 Å². The first-order valence-corrected chi connectivity index (χ1v) is 4.60. The number of benzene rings is 1. The Labute approximate surface area is 82.3 Å². The molecule has 2 rings (SSSR count). The Bertz CT molecular complexity index is 407. The van der Waals surface area contributed by atoms with Crippen LogP contribution in [0.5, 0.6) is 11.5 Å². The molecule has 74 valence electrons. The summed E-state index contributed by atoms with van der Waals surface area (Å²) < 4.78 is 5.43. The Morgan fingerprint density at radius 3 is 2.79 bits per heavy atom. The van der Waals surface area contributed by atoms with E-state index in [-0.39, 0.29) is 11.5 Å². The van der Waals surface area contributed by atoms with Crippen molar-refractivity contribution >= 4 is 5.78 Å². The number of fused-ring (bicyclic) bond motifs is 1. The van der Waals surface area contributed by atoms with Gasteiger partial charge in [0.2, 0.25) is 0 Å². The highest BCUT2D eigenvalue weighted by molar-refractivity contribution is 6.00. The van der Waals surface area contributed by atoms with Crippen molar-refractivity contribution in [3.63, 3.8) is 0 Å². The molecule has 1 aliphatic heterocycles. The topological polar surface area (TPSA) is 46.5 Å². The van der Waals surface area contributed by atoms with Gasteiger partial charge in [0.25, 0.3) is 0 Å². The van der Waals surface area contributed by atoms with Gasteiger partial charge in [0.15, 0.2) is 5.78 Å². The fourth-order valence-electron chi connectivity index (χ4n) is 1.65. The van der Waals surface area contributed by atoms with Crippen LogP contribution in [0.1, 0.15) is 27.9 Å². The van der Waals surface area contributed by atoms with Gasteiger partial charge in [-0.1, -0.05) is 0 Å². The summed E-state index contributed by atoms with van der Waals surface area (Å²) in [5.41, 5.74) is 2.14. The van der Waals surface area contributed by atoms with Crippen LogP contribution >= 0.6 is 0 Å². The van der Waals surface area contributed by atoms with Crippen LogP contribution in [0.25, 0.3) is 0 Å². The van der Waals surface area contributed by atoms with Crippen molar-refractivity contribution in [3.05, 3.63) is 22.8 Å². The van der Waals surface area contributed by atoms with Crippen LogP contribution in [0.4, 0.5) is 0 Å². The number of carbonyl (C=O) groups is 1. The molecule has 0 radical (unpaired) electrons. The molecule has 1 N–H and O–H groups in total. The summed E-state index contributed by atoms with van der Waals surface area (Å²) in [6.07, 6.45) is 0.398. The third kappa shape index (κ3) is 1.16. The quantitative estimate of drug-likeness (QED) is 0.683. The smallest absolute Gasteiger partial charge is 0.170 e. The van der Waals surface area contributed by atoms with Gasteiger partial charge >= 0.3 is 0 Å². The van der Waals surface area contributed by atoms with E-state index >= 15 is 0 Å². The lowest BCUT2D eigenvalue weighted by molar-refractivity contribution is 0.0932. The number of hydrogen-bond donors (Lipinski definition) is 1. The maximum Gasteiger partial charge on any atom is 0.170 e. The van der Waals surface area contributed by atoms with E-state index in [1.54, 1.807) is 0 Å². The summed E-state index contributed by atoms with van der Waals surface area (Å²) in [5, 5.41) is 9.57. The molecule has 0 atom stereocenters. The number of hydrogen-bond acceptors (Lipinski definition) is 3. The SMILES string of the molecule is Cc1c(O)cc2c(c1C)OCCC2=O. The Kier molecular flexibility index (Phi) is 1.95. The Morgan fingerprint density at radius 1 is 1.36 bits per heavy atom. The van der Waals surface area contributed by atoms with Crippen LogP contribution in [0.15, 0.2) is 6.07 Å². The van der Waals surface area contributed by atoms with Gasteiger partial charge < -0.3 is 9.84 Å². The minimum Gasteiger partial charge on any atom is -0.508 e. The largest absolute Gasteiger partial charge is 0.508 e. The van der Waals surface area contributed by atoms with Crippen molar-refractivity contribution in [2.24, 2.45) is 0 Å². The molecule has 0 amide bonds. The lowest BCUT2D eigenvalue weighted by atomic mass is 9.97. The maximum absolute atomic E-state index is 11.5. The van der Waals surface area contributed by atoms with E-state index in [9.17, 15) is 9.90 Å². The van der Waals surface area contributed by atoms with Gasteiger partial charge in [0.1, 0.15) is 11.5 Å². The lowest BCUT2D eigenvalue weighted by Gasteiger charge is -2.20. The number of Topliss-reactive ketones (excluding diaryl/α,β-unsaturated/α-hetero) is 1. The highest BCUT2D eigenvalue weighted by Crippen LogP contribution is 2.35. The molecule has 3 heteroatoms. The van der Waals surface area contributed by atoms with Crippen LogP contribution in [0.3, 0.4) is 0 Å². The van der Waals surface area contributed by atoms with Crippen LogP contribution in [-0.2, 0) is 0 Å². The number of phenols is 1. The fourth-order valence-corrected chi connectivity index (χ4v) is 1.65. The number of rotatable bonds is 0. The second-order valence-electron chi connectivity index (χ2n) is 3.54. The maximum atomic E-state index is 11.5. The number of ketones is 1. The number of aromatic hydroxyl groups is 1. The van der Waals surface area contributed by atoms with Crippen molar-refractivity contribution in [1.29, 1.82) is 0 Å². The van der Waals surface area contributed by atoms with Crippen molar-refractivity contribution in [1.82, 2.24) is 0 Å². The van der Waals surface area contributed by atoms with E-state index in [1.807, 2.05) is 13.8 Å². The monoisotopic (exact) mass is 192 g/mol. The van der Waals surface area contributed by atoms with Gasteiger partial charge in [-0.05, 0) is 31.0 Å². The minimum absolute atomic E-state index is 0.0460. The normalized spacial score (nSPS) is 14.9. The van der Waals surface area contributed by atoms with Crippen LogP contribution in [-0.4, -0.2) is 17.5 Å². The first kappa shape index (κ1) is 9.06. The summed E-state index contributed by atoms with van der Waals surface area (Å²) in [7, 11) is 0. The van der Waals surface area contributed by atoms with E-state index in [1.165, 1.54) is 6.07 Å². The Hall–Kier alpha value is -1.51. The summed E-state index contributed by atoms with van der Waals surface area (Å²) in [4.78, 5) is 11.5. The minimum atomic E-state index is 0.0460. The molecule has 0 spiro atoms. The second kappa shape index (κ2) is 3.01. The molecule has 0 fully saturated rings. The molecule has 0 bridgehead atoms. The molecule has 0 aliphatic carbocycles. The highest BCUT2D eigenvalue weighted by Gasteiger charge is 2.22. The zero-order chi connectivity index (χ0) is 10.3. The van der Waals surface area contributed by atoms with E-state index in [4.69, 9.17) is 4.74 Å². The molecule has 1 aliphatic rings. The van der Waals surface area contributed by atoms with Crippen molar-refractivity contribution in [2.75, 3.05) is 6.61 Å². The summed E-state index contributed by atoms with van der Waals surface area (Å²) in [6, 6.07) is 1.50. The number of ether oxygens (including phenoxy) is 1. The third-order valence-corrected chi connectivity index (χ3v) is 2.69. The molecular weight excluding hydrogens is 180 g/mol. The molecule has 1 heterocycles. The summed E-state index contributed by atoms with van der Waals surface area (Å²) >= 11 is 0. The lowest BCUT2D eigenvalue weighted by Crippen LogP contribution is -2.16. The molecule has 0 saturated heterocycles. The molecular formula is C11H12O3. The highest BCUT2D eigenvalue weighted by atomic mass is 16.5. The average Bonchev–Trinajstić information content (AvgIpc) is 2.17. The van der Waals surface area contributed by atoms with E-state index in [2.05, 4.69) is 0 Å². The van der Waals surface area contributed by atoms with Gasteiger partial charge in [-0.25, -0.2) is 0 Å². The Balaban J connectivity index is 2.69. The molecule has 1 aromatic rings. The summed E-state index contributed by atoms with van der Waals surface area (Å²) in [5.74, 6) is 0.848. The second-order valence-corrected chi connectivity index (χ2v) is 3.54. The molecule has 3 nitrogen and oxygen atoms in total. The van der Waals surface area contributed by atoms with E-state index < -0.39 is 0 Å². The fraction of sp³-hybridized carbons (Fsp3) is 0.364.